The van der Waals surface area contributed by atoms with Crippen molar-refractivity contribution >= 4 is 5.78 Å². The molecule has 39 heavy (non-hydrogen) atoms. The maximum atomic E-state index is 12.9. The highest BCUT2D eigenvalue weighted by molar-refractivity contribution is 6.01. The second-order valence-corrected chi connectivity index (χ2v) is 14.5. The Morgan fingerprint density at radius 3 is 2.44 bits per heavy atom. The fourth-order valence-corrected chi connectivity index (χ4v) is 8.30. The molecular formula is C34H50O5. The van der Waals surface area contributed by atoms with Crippen molar-refractivity contribution in [3.05, 3.63) is 47.1 Å². The molecule has 5 aliphatic rings. The predicted octanol–water partition coefficient (Wildman–Crippen LogP) is 5.85. The molecule has 5 aliphatic carbocycles. The predicted molar refractivity (Wildman–Crippen MR) is 154 cm³/mol. The van der Waals surface area contributed by atoms with Gasteiger partial charge in [0, 0.05) is 17.3 Å². The molecule has 0 aromatic heterocycles. The smallest absolute Gasteiger partial charge is 0.164 e. The first-order valence-electron chi connectivity index (χ1n) is 15.3. The molecule has 0 heterocycles. The standard InChI is InChI=1S/C34H50O5/c1-21(17-25-12-14-32(3,4)31(25)38)26-10-11-27-23(7-6-13-33(26,27)5)8-9-24-18-28(36)30(29(37)22(24)2)39-20-34(19-35)15-16-34/h8-9,17,21,26-30,35-37H,2,6-7,10-16,18-20H2,1,3-5H3/b23-8+,24-9-,25-17+/t21-,26-,27+,28-,29-,30+,33-/m1/s1. The SMILES string of the molecule is C=C1/C(=C\C=C2/CCC[C@]3(C)[C@@H]([C@H](C)/C=C4\CCC(C)(C)C4=O)CC[C@@H]23)C[C@@H](O)[C@H](OCC2(CO)CC2)[C@@H]1O. The number of ketones is 1. The Morgan fingerprint density at radius 2 is 1.79 bits per heavy atom. The zero-order valence-electron chi connectivity index (χ0n) is 24.5. The highest BCUT2D eigenvalue weighted by Gasteiger charge is 2.51. The van der Waals surface area contributed by atoms with Crippen LogP contribution in [0.5, 0.6) is 0 Å². The van der Waals surface area contributed by atoms with Crippen molar-refractivity contribution in [2.45, 2.75) is 110 Å². The van der Waals surface area contributed by atoms with Crippen LogP contribution >= 0.6 is 0 Å². The van der Waals surface area contributed by atoms with Gasteiger partial charge in [-0.15, -0.1) is 0 Å². The lowest BCUT2D eigenvalue weighted by atomic mass is 9.61. The summed E-state index contributed by atoms with van der Waals surface area (Å²) in [5.41, 5.74) is 3.88. The minimum absolute atomic E-state index is 0.0824. The molecule has 5 saturated carbocycles. The van der Waals surface area contributed by atoms with Gasteiger partial charge in [0.1, 0.15) is 12.2 Å². The van der Waals surface area contributed by atoms with Crippen molar-refractivity contribution in [3.63, 3.8) is 0 Å². The van der Waals surface area contributed by atoms with Gasteiger partial charge >= 0.3 is 0 Å². The third kappa shape index (κ3) is 5.41. The van der Waals surface area contributed by atoms with Gasteiger partial charge in [0.25, 0.3) is 0 Å². The fourth-order valence-electron chi connectivity index (χ4n) is 8.30. The van der Waals surface area contributed by atoms with E-state index in [1.54, 1.807) is 0 Å². The number of rotatable bonds is 7. The quantitative estimate of drug-likeness (QED) is 0.354. The molecule has 0 radical (unpaired) electrons. The molecule has 5 rings (SSSR count). The topological polar surface area (TPSA) is 87.0 Å². The van der Waals surface area contributed by atoms with E-state index in [2.05, 4.69) is 52.5 Å². The van der Waals surface area contributed by atoms with Gasteiger partial charge in [-0.05, 0) is 97.7 Å². The molecule has 0 saturated heterocycles. The van der Waals surface area contributed by atoms with Gasteiger partial charge in [0.05, 0.1) is 19.3 Å². The summed E-state index contributed by atoms with van der Waals surface area (Å²) in [6.07, 6.45) is 14.2. The maximum Gasteiger partial charge on any atom is 0.164 e. The van der Waals surface area contributed by atoms with Gasteiger partial charge in [-0.2, -0.15) is 0 Å². The van der Waals surface area contributed by atoms with Crippen molar-refractivity contribution < 1.29 is 24.9 Å². The molecule has 0 unspecified atom stereocenters. The van der Waals surface area contributed by atoms with E-state index >= 15 is 0 Å². The van der Waals surface area contributed by atoms with Gasteiger partial charge in [0.15, 0.2) is 5.78 Å². The number of aliphatic hydroxyl groups is 3. The second kappa shape index (κ2) is 10.7. The number of hydrogen-bond donors (Lipinski definition) is 3. The van der Waals surface area contributed by atoms with E-state index in [0.29, 0.717) is 42.1 Å². The molecule has 0 aromatic rings. The van der Waals surface area contributed by atoms with Crippen LogP contribution in [0.15, 0.2) is 47.1 Å². The molecule has 7 atom stereocenters. The summed E-state index contributed by atoms with van der Waals surface area (Å²) in [5.74, 6) is 1.84. The Morgan fingerprint density at radius 1 is 1.05 bits per heavy atom. The minimum Gasteiger partial charge on any atom is -0.396 e. The van der Waals surface area contributed by atoms with Gasteiger partial charge < -0.3 is 20.1 Å². The van der Waals surface area contributed by atoms with Crippen LogP contribution in [0.4, 0.5) is 0 Å². The number of carbonyl (C=O) groups excluding carboxylic acids is 1. The van der Waals surface area contributed by atoms with E-state index in [9.17, 15) is 20.1 Å². The number of aliphatic hydroxyl groups excluding tert-OH is 3. The van der Waals surface area contributed by atoms with E-state index < -0.39 is 18.3 Å². The van der Waals surface area contributed by atoms with Gasteiger partial charge in [-0.3, -0.25) is 4.79 Å². The number of carbonyl (C=O) groups is 1. The average Bonchev–Trinajstić information content (AvgIpc) is 3.52. The zero-order chi connectivity index (χ0) is 28.2. The van der Waals surface area contributed by atoms with E-state index in [0.717, 1.165) is 43.3 Å². The van der Waals surface area contributed by atoms with E-state index in [1.165, 1.54) is 31.3 Å². The lowest BCUT2D eigenvalue weighted by Gasteiger charge is -2.44. The third-order valence-electron chi connectivity index (χ3n) is 11.3. The summed E-state index contributed by atoms with van der Waals surface area (Å²) >= 11 is 0. The molecule has 5 nitrogen and oxygen atoms in total. The normalized spacial score (nSPS) is 41.4. The number of fused-ring (bicyclic) bond motifs is 1. The monoisotopic (exact) mass is 538 g/mol. The lowest BCUT2D eigenvalue weighted by Crippen LogP contribution is -2.46. The van der Waals surface area contributed by atoms with Crippen LogP contribution in [-0.4, -0.2) is 52.6 Å². The number of Topliss-reactive ketones (excluding diaryl/α,β-unsaturated/α-hetero) is 1. The van der Waals surface area contributed by atoms with Crippen LogP contribution in [0.1, 0.15) is 91.9 Å². The molecule has 5 heteroatoms. The summed E-state index contributed by atoms with van der Waals surface area (Å²) in [6, 6.07) is 0. The Balaban J connectivity index is 1.27. The summed E-state index contributed by atoms with van der Waals surface area (Å²) < 4.78 is 5.92. The first kappa shape index (κ1) is 29.0. The summed E-state index contributed by atoms with van der Waals surface area (Å²) in [7, 11) is 0. The van der Waals surface area contributed by atoms with Crippen molar-refractivity contribution in [3.8, 4) is 0 Å². The highest BCUT2D eigenvalue weighted by Crippen LogP contribution is 2.60. The van der Waals surface area contributed by atoms with Crippen LogP contribution < -0.4 is 0 Å². The molecule has 0 bridgehead atoms. The zero-order valence-corrected chi connectivity index (χ0v) is 24.5. The number of ether oxygens (including phenoxy) is 1. The second-order valence-electron chi connectivity index (χ2n) is 14.5. The summed E-state index contributed by atoms with van der Waals surface area (Å²) in [4.78, 5) is 12.9. The molecule has 216 valence electrons. The molecular weight excluding hydrogens is 488 g/mol. The van der Waals surface area contributed by atoms with E-state index in [1.807, 2.05) is 0 Å². The molecule has 3 N–H and O–H groups in total. The van der Waals surface area contributed by atoms with Crippen molar-refractivity contribution in [1.29, 1.82) is 0 Å². The van der Waals surface area contributed by atoms with Gasteiger partial charge in [0.2, 0.25) is 0 Å². The van der Waals surface area contributed by atoms with Crippen LogP contribution in [0.3, 0.4) is 0 Å². The van der Waals surface area contributed by atoms with Crippen molar-refractivity contribution in [1.82, 2.24) is 0 Å². The third-order valence-corrected chi connectivity index (χ3v) is 11.3. The van der Waals surface area contributed by atoms with Gasteiger partial charge in [-0.1, -0.05) is 58.1 Å². The highest BCUT2D eigenvalue weighted by atomic mass is 16.5. The Bertz CT molecular complexity index is 1080. The summed E-state index contributed by atoms with van der Waals surface area (Å²) in [6.45, 7) is 13.6. The molecule has 0 amide bonds. The fraction of sp³-hybridized carbons (Fsp3) is 0.735. The van der Waals surface area contributed by atoms with Crippen LogP contribution in [-0.2, 0) is 9.53 Å². The van der Waals surface area contributed by atoms with E-state index in [-0.39, 0.29) is 22.9 Å². The first-order chi connectivity index (χ1) is 18.4. The van der Waals surface area contributed by atoms with Crippen LogP contribution in [0.25, 0.3) is 0 Å². The Kier molecular flexibility index (Phi) is 7.95. The number of hydrogen-bond acceptors (Lipinski definition) is 5. The van der Waals surface area contributed by atoms with Gasteiger partial charge in [-0.25, -0.2) is 0 Å². The first-order valence-corrected chi connectivity index (χ1v) is 15.3. The van der Waals surface area contributed by atoms with Crippen LogP contribution in [0, 0.1) is 34.0 Å². The largest absolute Gasteiger partial charge is 0.396 e. The van der Waals surface area contributed by atoms with Crippen molar-refractivity contribution in [2.75, 3.05) is 13.2 Å². The average molecular weight is 539 g/mol. The van der Waals surface area contributed by atoms with E-state index in [4.69, 9.17) is 4.74 Å². The number of allylic oxidation sites excluding steroid dienone is 5. The molecule has 0 aromatic carbocycles. The molecule has 5 fully saturated rings. The maximum absolute atomic E-state index is 12.9. The Hall–Kier alpha value is -1.53. The lowest BCUT2D eigenvalue weighted by molar-refractivity contribution is -0.121. The minimum atomic E-state index is -0.947. The van der Waals surface area contributed by atoms with Crippen molar-refractivity contribution in [2.24, 2.45) is 34.0 Å². The molecule has 0 aliphatic heterocycles. The van der Waals surface area contributed by atoms with Crippen LogP contribution in [0.2, 0.25) is 0 Å². The molecule has 0 spiro atoms. The Labute approximate surface area is 235 Å². The summed E-state index contributed by atoms with van der Waals surface area (Å²) in [5, 5.41) is 31.3.